The van der Waals surface area contributed by atoms with E-state index in [0.29, 0.717) is 17.5 Å². The van der Waals surface area contributed by atoms with Crippen LogP contribution < -0.4 is 0 Å². The molecule has 9 aromatic carbocycles. The first kappa shape index (κ1) is 32.8. The van der Waals surface area contributed by atoms with Gasteiger partial charge in [-0.25, -0.2) is 15.0 Å². The van der Waals surface area contributed by atoms with E-state index in [-0.39, 0.29) is 5.41 Å². The van der Waals surface area contributed by atoms with Crippen molar-refractivity contribution in [2.45, 2.75) is 19.3 Å². The second-order valence-corrected chi connectivity index (χ2v) is 15.9. The Morgan fingerprint density at radius 3 is 1.67 bits per heavy atom. The summed E-state index contributed by atoms with van der Waals surface area (Å²) in [6.07, 6.45) is 0. The summed E-state index contributed by atoms with van der Waals surface area (Å²) in [6.45, 7) is 4.62. The number of para-hydroxylation sites is 1. The molecule has 4 heteroatoms. The molecule has 58 heavy (non-hydrogen) atoms. The standard InChI is InChI=1S/C54H35N3O/c1-54(2)45-18-10-8-16-39(45)40-26-24-36(31-46(40)54)53-56-51(34-22-20-33(21-23-34)32-12-4-3-5-13-32)55-52(57-53)35-25-27-42-44(30-35)38-15-7-6-14-37(38)41-28-29-48-50(49(41)42)43-17-9-11-19-47(43)58-48/h3-31H,1-2H3. The van der Waals surface area contributed by atoms with Crippen LogP contribution in [0, 0.1) is 0 Å². The van der Waals surface area contributed by atoms with Gasteiger partial charge in [0.2, 0.25) is 0 Å². The predicted molar refractivity (Wildman–Crippen MR) is 239 cm³/mol. The Labute approximate surface area is 335 Å². The van der Waals surface area contributed by atoms with Gasteiger partial charge in [-0.15, -0.1) is 0 Å². The topological polar surface area (TPSA) is 51.8 Å². The third kappa shape index (κ3) is 4.85. The van der Waals surface area contributed by atoms with E-state index in [1.54, 1.807) is 0 Å². The zero-order valence-corrected chi connectivity index (χ0v) is 32.0. The molecule has 4 nitrogen and oxygen atoms in total. The number of aromatic nitrogens is 3. The molecular weight excluding hydrogens is 707 g/mol. The van der Waals surface area contributed by atoms with E-state index in [2.05, 4.69) is 178 Å². The van der Waals surface area contributed by atoms with E-state index < -0.39 is 0 Å². The van der Waals surface area contributed by atoms with Crippen LogP contribution in [0.5, 0.6) is 0 Å². The van der Waals surface area contributed by atoms with Crippen LogP contribution in [0.4, 0.5) is 0 Å². The first-order valence-electron chi connectivity index (χ1n) is 19.9. The summed E-state index contributed by atoms with van der Waals surface area (Å²) >= 11 is 0. The van der Waals surface area contributed by atoms with E-state index in [0.717, 1.165) is 49.6 Å². The quantitative estimate of drug-likeness (QED) is 0.169. The van der Waals surface area contributed by atoms with Gasteiger partial charge in [0.05, 0.1) is 0 Å². The number of rotatable bonds is 4. The zero-order chi connectivity index (χ0) is 38.5. The highest BCUT2D eigenvalue weighted by atomic mass is 16.3. The summed E-state index contributed by atoms with van der Waals surface area (Å²) < 4.78 is 6.39. The van der Waals surface area contributed by atoms with Gasteiger partial charge in [-0.2, -0.15) is 0 Å². The van der Waals surface area contributed by atoms with Crippen LogP contribution in [-0.2, 0) is 5.41 Å². The Kier molecular flexibility index (Phi) is 6.94. The first-order chi connectivity index (χ1) is 28.5. The molecule has 1 aliphatic carbocycles. The van der Waals surface area contributed by atoms with Gasteiger partial charge in [-0.3, -0.25) is 0 Å². The minimum absolute atomic E-state index is 0.151. The lowest BCUT2D eigenvalue weighted by Crippen LogP contribution is -2.15. The Morgan fingerprint density at radius 2 is 0.879 bits per heavy atom. The average Bonchev–Trinajstić information content (AvgIpc) is 3.78. The van der Waals surface area contributed by atoms with Crippen molar-refractivity contribution in [3.63, 3.8) is 0 Å². The van der Waals surface area contributed by atoms with Crippen molar-refractivity contribution >= 4 is 54.3 Å². The van der Waals surface area contributed by atoms with E-state index in [1.807, 2.05) is 12.1 Å². The Balaban J connectivity index is 1.08. The highest BCUT2D eigenvalue weighted by Gasteiger charge is 2.35. The molecule has 0 saturated carbocycles. The Morgan fingerprint density at radius 1 is 0.345 bits per heavy atom. The fraction of sp³-hybridized carbons (Fsp3) is 0.0556. The van der Waals surface area contributed by atoms with Gasteiger partial charge in [-0.05, 0) is 90.6 Å². The molecule has 2 aromatic heterocycles. The molecule has 0 spiro atoms. The summed E-state index contributed by atoms with van der Waals surface area (Å²) in [4.78, 5) is 15.7. The average molecular weight is 742 g/mol. The predicted octanol–water partition coefficient (Wildman–Crippen LogP) is 14.2. The summed E-state index contributed by atoms with van der Waals surface area (Å²) in [7, 11) is 0. The van der Waals surface area contributed by atoms with Crippen LogP contribution in [0.2, 0.25) is 0 Å². The fourth-order valence-electron chi connectivity index (χ4n) is 9.45. The second kappa shape index (κ2) is 12.3. The molecule has 0 unspecified atom stereocenters. The van der Waals surface area contributed by atoms with Gasteiger partial charge in [0.1, 0.15) is 11.2 Å². The molecule has 0 N–H and O–H groups in total. The third-order valence-electron chi connectivity index (χ3n) is 12.3. The van der Waals surface area contributed by atoms with Gasteiger partial charge < -0.3 is 4.42 Å². The molecule has 0 saturated heterocycles. The maximum absolute atomic E-state index is 6.39. The van der Waals surface area contributed by atoms with Crippen LogP contribution in [0.3, 0.4) is 0 Å². The molecule has 0 amide bonds. The molecule has 272 valence electrons. The minimum Gasteiger partial charge on any atom is -0.456 e. The van der Waals surface area contributed by atoms with E-state index in [1.165, 1.54) is 54.7 Å². The van der Waals surface area contributed by atoms with Crippen molar-refractivity contribution in [1.82, 2.24) is 15.0 Å². The lowest BCUT2D eigenvalue weighted by Gasteiger charge is -2.21. The van der Waals surface area contributed by atoms with Crippen molar-refractivity contribution in [2.75, 3.05) is 0 Å². The first-order valence-corrected chi connectivity index (χ1v) is 19.9. The van der Waals surface area contributed by atoms with Crippen LogP contribution in [-0.4, -0.2) is 15.0 Å². The number of hydrogen-bond acceptors (Lipinski definition) is 4. The van der Waals surface area contributed by atoms with E-state index in [9.17, 15) is 0 Å². The van der Waals surface area contributed by atoms with Crippen molar-refractivity contribution in [3.8, 4) is 56.4 Å². The largest absolute Gasteiger partial charge is 0.456 e. The number of benzene rings is 9. The molecule has 2 heterocycles. The normalized spacial score (nSPS) is 13.1. The Hall–Kier alpha value is -7.43. The van der Waals surface area contributed by atoms with Crippen molar-refractivity contribution in [3.05, 3.63) is 187 Å². The second-order valence-electron chi connectivity index (χ2n) is 15.9. The summed E-state index contributed by atoms with van der Waals surface area (Å²) in [5, 5.41) is 9.36. The molecule has 12 rings (SSSR count). The molecule has 0 bridgehead atoms. The number of hydrogen-bond donors (Lipinski definition) is 0. The van der Waals surface area contributed by atoms with E-state index in [4.69, 9.17) is 19.4 Å². The zero-order valence-electron chi connectivity index (χ0n) is 32.0. The number of nitrogens with zero attached hydrogens (tertiary/aromatic N) is 3. The molecule has 0 aliphatic heterocycles. The lowest BCUT2D eigenvalue weighted by atomic mass is 9.82. The van der Waals surface area contributed by atoms with Crippen LogP contribution >= 0.6 is 0 Å². The van der Waals surface area contributed by atoms with Gasteiger partial charge in [0, 0.05) is 38.3 Å². The van der Waals surface area contributed by atoms with Crippen molar-refractivity contribution in [2.24, 2.45) is 0 Å². The number of fused-ring (bicyclic) bond motifs is 13. The highest BCUT2D eigenvalue weighted by Crippen LogP contribution is 2.49. The monoisotopic (exact) mass is 741 g/mol. The van der Waals surface area contributed by atoms with Gasteiger partial charge >= 0.3 is 0 Å². The highest BCUT2D eigenvalue weighted by molar-refractivity contribution is 6.34. The van der Waals surface area contributed by atoms with Crippen LogP contribution in [0.25, 0.3) is 111 Å². The molecule has 0 atom stereocenters. The minimum atomic E-state index is -0.151. The summed E-state index contributed by atoms with van der Waals surface area (Å²) in [5.74, 6) is 1.92. The van der Waals surface area contributed by atoms with Gasteiger partial charge in [0.15, 0.2) is 17.5 Å². The third-order valence-corrected chi connectivity index (χ3v) is 12.3. The maximum atomic E-state index is 6.39. The van der Waals surface area contributed by atoms with Crippen molar-refractivity contribution < 1.29 is 4.42 Å². The molecule has 11 aromatic rings. The molecular formula is C54H35N3O. The molecule has 0 fully saturated rings. The van der Waals surface area contributed by atoms with Crippen LogP contribution in [0.15, 0.2) is 180 Å². The van der Waals surface area contributed by atoms with Gasteiger partial charge in [0.25, 0.3) is 0 Å². The number of furan rings is 1. The van der Waals surface area contributed by atoms with Crippen molar-refractivity contribution in [1.29, 1.82) is 0 Å². The van der Waals surface area contributed by atoms with Gasteiger partial charge in [-0.1, -0.05) is 159 Å². The summed E-state index contributed by atoms with van der Waals surface area (Å²) in [5.41, 5.74) is 12.0. The van der Waals surface area contributed by atoms with E-state index >= 15 is 0 Å². The Bertz CT molecular complexity index is 3470. The molecule has 1 aliphatic rings. The summed E-state index contributed by atoms with van der Waals surface area (Å²) in [6, 6.07) is 62.4. The smallest absolute Gasteiger partial charge is 0.164 e. The fourth-order valence-corrected chi connectivity index (χ4v) is 9.45. The molecule has 0 radical (unpaired) electrons. The lowest BCUT2D eigenvalue weighted by molar-refractivity contribution is 0.660. The van der Waals surface area contributed by atoms with Crippen LogP contribution in [0.1, 0.15) is 25.0 Å². The maximum Gasteiger partial charge on any atom is 0.164 e. The SMILES string of the molecule is CC1(C)c2ccccc2-c2ccc(-c3nc(-c4ccc(-c5ccccc5)cc4)nc(-c4ccc5c(c4)c4ccccc4c4ccc6oc7ccccc7c6c45)n3)cc21.